The minimum absolute atomic E-state index is 0.149. The summed E-state index contributed by atoms with van der Waals surface area (Å²) in [5, 5.41) is 29.2. The Labute approximate surface area is 241 Å². The number of nitrogens with one attached hydrogen (secondary N) is 2. The maximum Gasteiger partial charge on any atom is 0.225 e. The number of benzene rings is 1. The number of rotatable bonds is 8. The van der Waals surface area contributed by atoms with Gasteiger partial charge < -0.3 is 20.8 Å². The third-order valence-electron chi connectivity index (χ3n) is 7.76. The van der Waals surface area contributed by atoms with E-state index >= 15 is 0 Å². The number of hydrogen-bond acceptors (Lipinski definition) is 11. The van der Waals surface area contributed by atoms with E-state index in [0.29, 0.717) is 39.6 Å². The van der Waals surface area contributed by atoms with Gasteiger partial charge in [0.1, 0.15) is 28.3 Å². The second-order valence-corrected chi connectivity index (χ2v) is 14.0. The van der Waals surface area contributed by atoms with E-state index in [2.05, 4.69) is 20.6 Å². The van der Waals surface area contributed by atoms with Crippen LogP contribution in [0.25, 0.3) is 20.8 Å². The molecule has 6 rings (SSSR count). The molecule has 0 unspecified atom stereocenters. The van der Waals surface area contributed by atoms with Crippen LogP contribution in [0.5, 0.6) is 0 Å². The van der Waals surface area contributed by atoms with Crippen LogP contribution in [0, 0.1) is 32.5 Å². The largest absolute Gasteiger partial charge is 0.390 e. The molecule has 2 aliphatic carbocycles. The topological polar surface area (TPSA) is 150 Å². The van der Waals surface area contributed by atoms with Crippen molar-refractivity contribution in [1.82, 2.24) is 19.9 Å². The predicted molar refractivity (Wildman–Crippen MR) is 155 cm³/mol. The number of anilines is 2. The number of pyridine rings is 1. The zero-order valence-electron chi connectivity index (χ0n) is 22.8. The molecule has 3 heterocycles. The number of halogens is 1. The van der Waals surface area contributed by atoms with Crippen molar-refractivity contribution in [2.75, 3.05) is 16.4 Å². The summed E-state index contributed by atoms with van der Waals surface area (Å²) in [6.45, 7) is 5.32. The average Bonchev–Trinajstić information content (AvgIpc) is 3.56. The molecule has 0 saturated heterocycles. The molecule has 10 nitrogen and oxygen atoms in total. The Morgan fingerprint density at radius 1 is 1.02 bits per heavy atom. The van der Waals surface area contributed by atoms with Gasteiger partial charge in [-0.25, -0.2) is 22.8 Å². The summed E-state index contributed by atoms with van der Waals surface area (Å²) in [6, 6.07) is 5.29. The summed E-state index contributed by atoms with van der Waals surface area (Å²) in [5.41, 5.74) is 3.28. The van der Waals surface area contributed by atoms with Crippen molar-refractivity contribution in [1.29, 1.82) is 0 Å². The minimum Gasteiger partial charge on any atom is -0.390 e. The maximum atomic E-state index is 14.1. The Hall–Kier alpha value is -3.26. The first-order chi connectivity index (χ1) is 19.5. The lowest BCUT2D eigenvalue weighted by atomic mass is 10.1. The fourth-order valence-electron chi connectivity index (χ4n) is 5.25. The fourth-order valence-corrected chi connectivity index (χ4v) is 8.01. The molecule has 13 heteroatoms. The molecule has 0 bridgehead atoms. The fraction of sp³-hybridized carbons (Fsp3) is 0.429. The second kappa shape index (κ2) is 10.5. The molecule has 0 radical (unpaired) electrons. The van der Waals surface area contributed by atoms with Gasteiger partial charge in [0.15, 0.2) is 9.84 Å². The van der Waals surface area contributed by atoms with E-state index in [1.54, 1.807) is 13.1 Å². The van der Waals surface area contributed by atoms with Crippen LogP contribution in [-0.4, -0.2) is 68.6 Å². The summed E-state index contributed by atoms with van der Waals surface area (Å²) in [7, 11) is -3.91. The average molecular weight is 599 g/mol. The van der Waals surface area contributed by atoms with E-state index in [1.165, 1.54) is 23.5 Å². The summed E-state index contributed by atoms with van der Waals surface area (Å²) in [4.78, 5) is 18.4. The summed E-state index contributed by atoms with van der Waals surface area (Å²) in [5.74, 6) is -0.932. The van der Waals surface area contributed by atoms with Crippen LogP contribution in [0.4, 0.5) is 16.2 Å². The highest BCUT2D eigenvalue weighted by molar-refractivity contribution is 7.91. The summed E-state index contributed by atoms with van der Waals surface area (Å²) in [6.07, 6.45) is 1.41. The Balaban J connectivity index is 1.31. The van der Waals surface area contributed by atoms with Crippen molar-refractivity contribution in [3.63, 3.8) is 0 Å². The van der Waals surface area contributed by atoms with Crippen molar-refractivity contribution >= 4 is 43.2 Å². The van der Waals surface area contributed by atoms with Gasteiger partial charge in [-0.3, -0.25) is 4.98 Å². The molecule has 0 aliphatic heterocycles. The number of sulfone groups is 1. The molecule has 1 aromatic carbocycles. The molecule has 0 amide bonds. The first-order valence-electron chi connectivity index (χ1n) is 13.5. The molecule has 0 spiro atoms. The number of thiazole rings is 1. The molecule has 41 heavy (non-hydrogen) atoms. The summed E-state index contributed by atoms with van der Waals surface area (Å²) < 4.78 is 41.3. The first-order valence-corrected chi connectivity index (χ1v) is 16.0. The van der Waals surface area contributed by atoms with Crippen LogP contribution in [0.2, 0.25) is 0 Å². The summed E-state index contributed by atoms with van der Waals surface area (Å²) >= 11 is 1.48. The van der Waals surface area contributed by atoms with Crippen molar-refractivity contribution in [2.24, 2.45) is 5.92 Å². The highest BCUT2D eigenvalue weighted by Crippen LogP contribution is 2.39. The van der Waals surface area contributed by atoms with Crippen LogP contribution in [0.1, 0.15) is 36.2 Å². The van der Waals surface area contributed by atoms with Crippen LogP contribution in [-0.2, 0) is 9.84 Å². The Kier molecular flexibility index (Phi) is 7.17. The van der Waals surface area contributed by atoms with Gasteiger partial charge in [0.2, 0.25) is 5.95 Å². The van der Waals surface area contributed by atoms with Gasteiger partial charge in [-0.1, -0.05) is 6.07 Å². The number of aliphatic hydroxyl groups excluding tert-OH is 2. The molecule has 216 valence electrons. The molecular formula is C28H31FN6O4S2. The van der Waals surface area contributed by atoms with Gasteiger partial charge in [0.05, 0.1) is 44.4 Å². The van der Waals surface area contributed by atoms with Gasteiger partial charge in [-0.05, 0) is 63.8 Å². The molecule has 4 aromatic rings. The smallest absolute Gasteiger partial charge is 0.225 e. The van der Waals surface area contributed by atoms with E-state index in [4.69, 9.17) is 9.97 Å². The Morgan fingerprint density at radius 3 is 2.51 bits per heavy atom. The number of aromatic nitrogens is 4. The molecule has 4 atom stereocenters. The second-order valence-electron chi connectivity index (χ2n) is 11.0. The number of nitrogens with zero attached hydrogens (tertiary/aromatic N) is 4. The van der Waals surface area contributed by atoms with E-state index in [9.17, 15) is 23.0 Å². The van der Waals surface area contributed by atoms with Crippen LogP contribution < -0.4 is 10.6 Å². The van der Waals surface area contributed by atoms with Crippen molar-refractivity contribution < 1.29 is 23.0 Å². The van der Waals surface area contributed by atoms with E-state index in [0.717, 1.165) is 34.8 Å². The maximum absolute atomic E-state index is 14.1. The monoisotopic (exact) mass is 598 g/mol. The minimum atomic E-state index is -3.91. The SMILES string of the molecule is Cc1ccc(S(=O)(=O)C[C@H]2C[C@@H](Nc3nc(NC4CC4)nc(C)c3-c3nc4c(C)nccc4s3)[C@H](O)[C@@H]2O)cc1F. The zero-order valence-corrected chi connectivity index (χ0v) is 24.4. The molecule has 2 saturated carbocycles. The van der Waals surface area contributed by atoms with Crippen LogP contribution >= 0.6 is 11.3 Å². The Bertz CT molecular complexity index is 1740. The highest BCUT2D eigenvalue weighted by atomic mass is 32.2. The number of fused-ring (bicyclic) bond motifs is 1. The van der Waals surface area contributed by atoms with E-state index in [1.807, 2.05) is 19.9 Å². The van der Waals surface area contributed by atoms with Crippen LogP contribution in [0.3, 0.4) is 0 Å². The predicted octanol–water partition coefficient (Wildman–Crippen LogP) is 3.78. The highest BCUT2D eigenvalue weighted by Gasteiger charge is 2.44. The quantitative estimate of drug-likeness (QED) is 0.236. The van der Waals surface area contributed by atoms with Gasteiger partial charge in [0, 0.05) is 18.2 Å². The lowest BCUT2D eigenvalue weighted by molar-refractivity contribution is 0.0216. The van der Waals surface area contributed by atoms with Gasteiger partial charge in [-0.15, -0.1) is 11.3 Å². The third kappa shape index (κ3) is 5.51. The molecule has 2 fully saturated rings. The van der Waals surface area contributed by atoms with Gasteiger partial charge >= 0.3 is 0 Å². The van der Waals surface area contributed by atoms with E-state index < -0.39 is 45.6 Å². The van der Waals surface area contributed by atoms with Crippen molar-refractivity contribution in [3.05, 3.63) is 53.2 Å². The lowest BCUT2D eigenvalue weighted by Crippen LogP contribution is -2.36. The number of hydrogen-bond donors (Lipinski definition) is 4. The first kappa shape index (κ1) is 27.9. The lowest BCUT2D eigenvalue weighted by Gasteiger charge is -2.21. The van der Waals surface area contributed by atoms with E-state index in [-0.39, 0.29) is 11.3 Å². The number of aryl methyl sites for hydroxylation is 3. The van der Waals surface area contributed by atoms with Gasteiger partial charge in [0.25, 0.3) is 0 Å². The molecular weight excluding hydrogens is 567 g/mol. The Morgan fingerprint density at radius 2 is 1.80 bits per heavy atom. The normalized spacial score (nSPS) is 22.8. The van der Waals surface area contributed by atoms with Crippen molar-refractivity contribution in [2.45, 2.75) is 69.2 Å². The molecule has 3 aromatic heterocycles. The molecule has 4 N–H and O–H groups in total. The molecule has 2 aliphatic rings. The zero-order chi connectivity index (χ0) is 29.1. The third-order valence-corrected chi connectivity index (χ3v) is 10.6. The van der Waals surface area contributed by atoms with Gasteiger partial charge in [-0.2, -0.15) is 4.98 Å². The number of aliphatic hydroxyl groups is 2. The van der Waals surface area contributed by atoms with Crippen molar-refractivity contribution in [3.8, 4) is 10.6 Å². The standard InChI is InChI=1S/C28H31FN6O4S2/c1-13-4-7-18(11-19(13)29)41(38,39)12-16-10-20(25(37)24(16)36)33-26-22(14(2)31-28(35-26)32-17-5-6-17)27-34-23-15(3)30-9-8-21(23)40-27/h4,7-9,11,16-17,20,24-25,36-37H,5-6,10,12H2,1-3H3,(H2,31,32,33,35)/t16-,20-,24-,25+/m1/s1. The van der Waals surface area contributed by atoms with Crippen LogP contribution in [0.15, 0.2) is 35.4 Å².